The second-order valence-electron chi connectivity index (χ2n) is 5.72. The van der Waals surface area contributed by atoms with E-state index in [1.807, 2.05) is 0 Å². The largest absolute Gasteiger partial charge is 0.507 e. The first kappa shape index (κ1) is 22.5. The molecule has 144 valence electrons. The van der Waals surface area contributed by atoms with Crippen molar-refractivity contribution < 1.29 is 29.9 Å². The number of para-hydroxylation sites is 1. The summed E-state index contributed by atoms with van der Waals surface area (Å²) in [6, 6.07) is 10.6. The van der Waals surface area contributed by atoms with Crippen molar-refractivity contribution in [3.05, 3.63) is 64.7 Å². The number of rotatable bonds is 7. The van der Waals surface area contributed by atoms with E-state index in [1.165, 1.54) is 18.2 Å². The number of carbonyl (C=O) groups excluding carboxylic acids is 1. The van der Waals surface area contributed by atoms with Gasteiger partial charge in [-0.3, -0.25) is 4.79 Å². The monoisotopic (exact) mass is 394 g/mol. The zero-order chi connectivity index (χ0) is 19.3. The molecule has 0 aromatic heterocycles. The Labute approximate surface area is 162 Å². The number of amides is 1. The average Bonchev–Trinajstić information content (AvgIpc) is 2.62. The molecule has 0 aliphatic heterocycles. The summed E-state index contributed by atoms with van der Waals surface area (Å²) in [7, 11) is -1.91. The summed E-state index contributed by atoms with van der Waals surface area (Å²) in [6.07, 6.45) is -0.169. The van der Waals surface area contributed by atoms with Crippen LogP contribution in [0.5, 0.6) is 5.75 Å². The van der Waals surface area contributed by atoms with Gasteiger partial charge in [-0.25, -0.2) is 4.79 Å². The third-order valence-corrected chi connectivity index (χ3v) is 3.92. The first-order chi connectivity index (χ1) is 12.3. The highest BCUT2D eigenvalue weighted by Gasteiger charge is 2.27. The van der Waals surface area contributed by atoms with E-state index in [2.05, 4.69) is 5.32 Å². The Morgan fingerprint density at radius 2 is 1.74 bits per heavy atom. The maximum atomic E-state index is 12.3. The predicted octanol–water partition coefficient (Wildman–Crippen LogP) is 0.324. The minimum Gasteiger partial charge on any atom is -0.507 e. The molecule has 7 N–H and O–H groups in total. The lowest BCUT2D eigenvalue weighted by atomic mass is 9.75. The number of hydrogen-bond acceptors (Lipinski definition) is 6. The number of halogens is 1. The molecule has 1 atom stereocenters. The molecule has 2 aromatic carbocycles. The van der Waals surface area contributed by atoms with Crippen molar-refractivity contribution in [1.29, 1.82) is 0 Å². The van der Waals surface area contributed by atoms with Gasteiger partial charge in [0.15, 0.2) is 0 Å². The summed E-state index contributed by atoms with van der Waals surface area (Å²) in [4.78, 5) is 23.4. The van der Waals surface area contributed by atoms with Crippen LogP contribution < -0.4 is 11.1 Å². The number of carboxylic acids is 1. The van der Waals surface area contributed by atoms with E-state index in [1.54, 1.807) is 24.3 Å². The number of phenols is 1. The van der Waals surface area contributed by atoms with Crippen molar-refractivity contribution in [2.45, 2.75) is 18.9 Å². The average molecular weight is 395 g/mol. The zero-order valence-corrected chi connectivity index (χ0v) is 15.0. The number of nitrogens with two attached hydrogens (primary N) is 1. The first-order valence-electron chi connectivity index (χ1n) is 7.83. The molecule has 0 aliphatic carbocycles. The third kappa shape index (κ3) is 5.70. The molecule has 0 fully saturated rings. The van der Waals surface area contributed by atoms with Crippen LogP contribution >= 0.6 is 12.4 Å². The van der Waals surface area contributed by atoms with E-state index in [0.717, 1.165) is 5.56 Å². The lowest BCUT2D eigenvalue weighted by Crippen LogP contribution is -2.47. The maximum absolute atomic E-state index is 12.3. The molecule has 2 rings (SSSR count). The number of carboxylic acid groups (broad SMARTS) is 1. The van der Waals surface area contributed by atoms with Gasteiger partial charge in [0.2, 0.25) is 0 Å². The fraction of sp³-hybridized carbons (Fsp3) is 0.176. The van der Waals surface area contributed by atoms with E-state index < -0.39 is 30.7 Å². The third-order valence-electron chi connectivity index (χ3n) is 3.92. The zero-order valence-electron chi connectivity index (χ0n) is 14.2. The molecule has 8 nitrogen and oxygen atoms in total. The molecule has 0 radical (unpaired) electrons. The molecule has 0 saturated heterocycles. The summed E-state index contributed by atoms with van der Waals surface area (Å²) in [5, 5.41) is 40.6. The fourth-order valence-electron chi connectivity index (χ4n) is 2.44. The normalized spacial score (nSPS) is 11.2. The van der Waals surface area contributed by atoms with Crippen LogP contribution in [0, 0.1) is 0 Å². The molecule has 0 saturated carbocycles. The van der Waals surface area contributed by atoms with Crippen LogP contribution in [0.4, 0.5) is 0 Å². The molecule has 0 bridgehead atoms. The Bertz CT molecular complexity index is 801. The summed E-state index contributed by atoms with van der Waals surface area (Å²) >= 11 is 0. The van der Waals surface area contributed by atoms with Crippen molar-refractivity contribution >= 4 is 31.4 Å². The Kier molecular flexibility index (Phi) is 8.26. The summed E-state index contributed by atoms with van der Waals surface area (Å²) < 4.78 is 0. The SMILES string of the molecule is Cl.NCc1ccc(C(=O)NC(Cc2cccc(C(=O)O)c2O)B(O)O)cc1. The van der Waals surface area contributed by atoms with Crippen LogP contribution in [0.25, 0.3) is 0 Å². The highest BCUT2D eigenvalue weighted by molar-refractivity contribution is 6.43. The van der Waals surface area contributed by atoms with E-state index in [-0.39, 0.29) is 30.0 Å². The molecule has 0 aliphatic rings. The van der Waals surface area contributed by atoms with Gasteiger partial charge in [-0.15, -0.1) is 12.4 Å². The van der Waals surface area contributed by atoms with Gasteiger partial charge >= 0.3 is 13.1 Å². The number of aromatic hydroxyl groups is 1. The molecule has 0 heterocycles. The van der Waals surface area contributed by atoms with Crippen LogP contribution in [0.15, 0.2) is 42.5 Å². The number of carbonyl (C=O) groups is 2. The molecule has 27 heavy (non-hydrogen) atoms. The highest BCUT2D eigenvalue weighted by Crippen LogP contribution is 2.24. The van der Waals surface area contributed by atoms with Crippen molar-refractivity contribution in [2.75, 3.05) is 0 Å². The second kappa shape index (κ2) is 9.93. The first-order valence-corrected chi connectivity index (χ1v) is 7.83. The van der Waals surface area contributed by atoms with Gasteiger partial charge in [0, 0.05) is 12.1 Å². The van der Waals surface area contributed by atoms with Gasteiger partial charge in [0.05, 0.1) is 5.94 Å². The van der Waals surface area contributed by atoms with E-state index in [0.29, 0.717) is 12.1 Å². The van der Waals surface area contributed by atoms with Crippen LogP contribution in [0.3, 0.4) is 0 Å². The van der Waals surface area contributed by atoms with Crippen LogP contribution in [0.1, 0.15) is 31.8 Å². The van der Waals surface area contributed by atoms with E-state index in [4.69, 9.17) is 10.8 Å². The van der Waals surface area contributed by atoms with Crippen molar-refractivity contribution in [2.24, 2.45) is 5.73 Å². The smallest absolute Gasteiger partial charge is 0.475 e. The molecule has 1 unspecified atom stereocenters. The van der Waals surface area contributed by atoms with Crippen molar-refractivity contribution in [3.63, 3.8) is 0 Å². The topological polar surface area (TPSA) is 153 Å². The van der Waals surface area contributed by atoms with Gasteiger partial charge in [0.1, 0.15) is 11.3 Å². The molecule has 0 spiro atoms. The van der Waals surface area contributed by atoms with E-state index in [9.17, 15) is 24.7 Å². The van der Waals surface area contributed by atoms with Crippen molar-refractivity contribution in [3.8, 4) is 5.75 Å². The lowest BCUT2D eigenvalue weighted by molar-refractivity contribution is 0.0693. The number of aromatic carboxylic acids is 1. The molecular weight excluding hydrogens is 374 g/mol. The van der Waals surface area contributed by atoms with Gasteiger partial charge in [-0.1, -0.05) is 24.3 Å². The van der Waals surface area contributed by atoms with Gasteiger partial charge in [0.25, 0.3) is 5.91 Å². The number of hydrogen-bond donors (Lipinski definition) is 6. The number of nitrogens with one attached hydrogen (secondary N) is 1. The van der Waals surface area contributed by atoms with Crippen molar-refractivity contribution in [1.82, 2.24) is 5.32 Å². The Balaban J connectivity index is 0.00000364. The summed E-state index contributed by atoms with van der Waals surface area (Å²) in [5.41, 5.74) is 6.50. The summed E-state index contributed by atoms with van der Waals surface area (Å²) in [5.74, 6) is -3.48. The molecule has 10 heteroatoms. The van der Waals surface area contributed by atoms with Gasteiger partial charge in [-0.05, 0) is 35.7 Å². The fourth-order valence-corrected chi connectivity index (χ4v) is 2.44. The van der Waals surface area contributed by atoms with Gasteiger partial charge < -0.3 is 31.3 Å². The van der Waals surface area contributed by atoms with Crippen LogP contribution in [-0.2, 0) is 13.0 Å². The predicted molar refractivity (Wildman–Crippen MR) is 102 cm³/mol. The maximum Gasteiger partial charge on any atom is 0.475 e. The summed E-state index contributed by atoms with van der Waals surface area (Å²) in [6.45, 7) is 0.332. The second-order valence-corrected chi connectivity index (χ2v) is 5.72. The quantitative estimate of drug-likeness (QED) is 0.370. The van der Waals surface area contributed by atoms with E-state index >= 15 is 0 Å². The lowest BCUT2D eigenvalue weighted by Gasteiger charge is -2.19. The Morgan fingerprint density at radius 1 is 1.11 bits per heavy atom. The Morgan fingerprint density at radius 3 is 2.26 bits per heavy atom. The minimum absolute atomic E-state index is 0. The van der Waals surface area contributed by atoms with Crippen LogP contribution in [0.2, 0.25) is 0 Å². The standard InChI is InChI=1S/C17H19BN2O6.ClH/c19-9-10-4-6-11(7-5-10)16(22)20-14(18(25)26)8-12-2-1-3-13(15(12)21)17(23)24;/h1-7,14,21,25-26H,8-9,19H2,(H,20,22)(H,23,24);1H. The van der Waals surface area contributed by atoms with Gasteiger partial charge in [-0.2, -0.15) is 0 Å². The molecule has 1 amide bonds. The number of benzene rings is 2. The van der Waals surface area contributed by atoms with Crippen LogP contribution in [-0.4, -0.2) is 45.2 Å². The Hall–Kier alpha value is -2.59. The molecular formula is C17H20BClN2O6. The highest BCUT2D eigenvalue weighted by atomic mass is 35.5. The minimum atomic E-state index is -1.91. The molecule has 2 aromatic rings.